The second-order valence-corrected chi connectivity index (χ2v) is 9.73. The van der Waals surface area contributed by atoms with Gasteiger partial charge in [-0.05, 0) is 99.7 Å². The molecule has 1 saturated carbocycles. The van der Waals surface area contributed by atoms with E-state index in [2.05, 4.69) is 57.2 Å². The molecule has 5 rings (SSSR count). The van der Waals surface area contributed by atoms with Gasteiger partial charge in [-0.3, -0.25) is 14.6 Å². The van der Waals surface area contributed by atoms with Crippen LogP contribution in [0.4, 0.5) is 0 Å². The predicted octanol–water partition coefficient (Wildman–Crippen LogP) is 4.12. The summed E-state index contributed by atoms with van der Waals surface area (Å²) >= 11 is 0. The van der Waals surface area contributed by atoms with Gasteiger partial charge in [-0.2, -0.15) is 10.2 Å². The molecule has 6 nitrogen and oxygen atoms in total. The Labute approximate surface area is 184 Å². The highest BCUT2D eigenvalue weighted by Crippen LogP contribution is 2.53. The molecular weight excluding hydrogens is 384 g/mol. The fraction of sp³-hybridized carbons (Fsp3) is 0.520. The quantitative estimate of drug-likeness (QED) is 0.626. The molecule has 1 spiro atoms. The van der Waals surface area contributed by atoms with Gasteiger partial charge in [-0.25, -0.2) is 0 Å². The van der Waals surface area contributed by atoms with Gasteiger partial charge in [0.1, 0.15) is 5.69 Å². The van der Waals surface area contributed by atoms with Crippen LogP contribution in [0, 0.1) is 25.2 Å². The van der Waals surface area contributed by atoms with E-state index in [1.165, 1.54) is 50.0 Å². The number of aromatic nitrogens is 5. The second kappa shape index (κ2) is 8.15. The van der Waals surface area contributed by atoms with E-state index in [1.807, 2.05) is 30.2 Å². The Kier molecular flexibility index (Phi) is 5.34. The maximum absolute atomic E-state index is 4.57. The van der Waals surface area contributed by atoms with Crippen LogP contribution < -0.4 is 0 Å². The number of pyridine rings is 1. The highest BCUT2D eigenvalue weighted by molar-refractivity contribution is 5.57. The Morgan fingerprint density at radius 2 is 1.84 bits per heavy atom. The first-order valence-electron chi connectivity index (χ1n) is 11.5. The molecule has 2 aliphatic rings. The Bertz CT molecular complexity index is 1020. The molecule has 1 saturated heterocycles. The van der Waals surface area contributed by atoms with Gasteiger partial charge >= 0.3 is 0 Å². The molecule has 0 atom stereocenters. The maximum Gasteiger partial charge on any atom is 0.111 e. The Morgan fingerprint density at radius 1 is 1.03 bits per heavy atom. The van der Waals surface area contributed by atoms with Gasteiger partial charge in [0.25, 0.3) is 0 Å². The van der Waals surface area contributed by atoms with Crippen LogP contribution in [0.15, 0.2) is 36.7 Å². The monoisotopic (exact) mass is 416 g/mol. The van der Waals surface area contributed by atoms with Crippen LogP contribution in [-0.2, 0) is 20.0 Å². The number of rotatable bonds is 5. The summed E-state index contributed by atoms with van der Waals surface area (Å²) in [6.45, 7) is 7.61. The fourth-order valence-corrected chi connectivity index (χ4v) is 5.60. The molecule has 0 amide bonds. The van der Waals surface area contributed by atoms with Crippen molar-refractivity contribution < 1.29 is 0 Å². The van der Waals surface area contributed by atoms with Crippen molar-refractivity contribution in [3.8, 4) is 11.4 Å². The summed E-state index contributed by atoms with van der Waals surface area (Å²) in [5.41, 5.74) is 7.31. The standard InChI is InChI=1S/C25H32N6/c1-18-5-4-10-26-23(18)17-31-11-8-25(9-12-31)14-20(15-25)13-21-6-7-22(29-28-21)24-19(2)16-27-30(24)3/h4-7,10,16,20H,8-9,11-15,17H2,1-3H3. The third-order valence-electron chi connectivity index (χ3n) is 7.43. The second-order valence-electron chi connectivity index (χ2n) is 9.73. The molecule has 3 aromatic rings. The van der Waals surface area contributed by atoms with E-state index < -0.39 is 0 Å². The van der Waals surface area contributed by atoms with Crippen LogP contribution in [0.1, 0.15) is 48.2 Å². The molecule has 31 heavy (non-hydrogen) atoms. The molecule has 1 aliphatic heterocycles. The van der Waals surface area contributed by atoms with Crippen molar-refractivity contribution >= 4 is 0 Å². The Morgan fingerprint density at radius 3 is 2.48 bits per heavy atom. The van der Waals surface area contributed by atoms with Crippen molar-refractivity contribution in [2.75, 3.05) is 13.1 Å². The van der Waals surface area contributed by atoms with Gasteiger partial charge in [0, 0.05) is 19.8 Å². The maximum atomic E-state index is 4.57. The third-order valence-corrected chi connectivity index (χ3v) is 7.43. The minimum absolute atomic E-state index is 0.569. The molecule has 3 aromatic heterocycles. The molecule has 4 heterocycles. The zero-order valence-electron chi connectivity index (χ0n) is 18.9. The number of hydrogen-bond donors (Lipinski definition) is 0. The minimum atomic E-state index is 0.569. The highest BCUT2D eigenvalue weighted by Gasteiger charge is 2.45. The molecule has 0 N–H and O–H groups in total. The fourth-order valence-electron chi connectivity index (χ4n) is 5.60. The van der Waals surface area contributed by atoms with E-state index in [-0.39, 0.29) is 0 Å². The van der Waals surface area contributed by atoms with E-state index in [4.69, 9.17) is 0 Å². The van der Waals surface area contributed by atoms with Crippen molar-refractivity contribution in [3.05, 3.63) is 59.2 Å². The number of piperidine rings is 1. The SMILES string of the molecule is Cc1cccnc1CN1CCC2(CC1)CC(Cc1ccc(-c3c(C)cnn3C)nn1)C2. The van der Waals surface area contributed by atoms with Crippen LogP contribution in [-0.4, -0.2) is 43.0 Å². The van der Waals surface area contributed by atoms with Gasteiger partial charge in [0.05, 0.1) is 23.3 Å². The zero-order chi connectivity index (χ0) is 21.4. The largest absolute Gasteiger partial charge is 0.297 e. The van der Waals surface area contributed by atoms with Crippen LogP contribution >= 0.6 is 0 Å². The summed E-state index contributed by atoms with van der Waals surface area (Å²) in [6, 6.07) is 8.43. The Balaban J connectivity index is 1.12. The normalized spacial score (nSPS) is 18.9. The van der Waals surface area contributed by atoms with E-state index in [0.29, 0.717) is 5.41 Å². The summed E-state index contributed by atoms with van der Waals surface area (Å²) in [7, 11) is 1.95. The Hall–Kier alpha value is -2.60. The zero-order valence-corrected chi connectivity index (χ0v) is 18.9. The average molecular weight is 417 g/mol. The van der Waals surface area contributed by atoms with Crippen molar-refractivity contribution in [1.82, 2.24) is 29.9 Å². The molecule has 6 heteroatoms. The van der Waals surface area contributed by atoms with Crippen molar-refractivity contribution in [3.63, 3.8) is 0 Å². The summed E-state index contributed by atoms with van der Waals surface area (Å²) in [5, 5.41) is 13.3. The van der Waals surface area contributed by atoms with Crippen molar-refractivity contribution in [2.45, 2.75) is 52.5 Å². The van der Waals surface area contributed by atoms with Gasteiger partial charge in [0.2, 0.25) is 0 Å². The molecule has 0 aromatic carbocycles. The van der Waals surface area contributed by atoms with Crippen LogP contribution in [0.25, 0.3) is 11.4 Å². The predicted molar refractivity (Wildman–Crippen MR) is 121 cm³/mol. The highest BCUT2D eigenvalue weighted by atomic mass is 15.3. The van der Waals surface area contributed by atoms with Crippen molar-refractivity contribution in [2.24, 2.45) is 18.4 Å². The van der Waals surface area contributed by atoms with Crippen LogP contribution in [0.2, 0.25) is 0 Å². The average Bonchev–Trinajstić information content (AvgIpc) is 3.09. The summed E-state index contributed by atoms with van der Waals surface area (Å²) < 4.78 is 1.87. The van der Waals surface area contributed by atoms with E-state index in [0.717, 1.165) is 41.5 Å². The molecule has 0 unspecified atom stereocenters. The molecule has 2 fully saturated rings. The number of hydrogen-bond acceptors (Lipinski definition) is 5. The van der Waals surface area contributed by atoms with Gasteiger partial charge in [0.15, 0.2) is 0 Å². The first-order chi connectivity index (χ1) is 15.0. The topological polar surface area (TPSA) is 59.7 Å². The van der Waals surface area contributed by atoms with Gasteiger partial charge in [-0.1, -0.05) is 6.07 Å². The van der Waals surface area contributed by atoms with Crippen molar-refractivity contribution in [1.29, 1.82) is 0 Å². The number of likely N-dealkylation sites (tertiary alicyclic amines) is 1. The number of aryl methyl sites for hydroxylation is 3. The van der Waals surface area contributed by atoms with E-state index in [9.17, 15) is 0 Å². The summed E-state index contributed by atoms with van der Waals surface area (Å²) in [4.78, 5) is 7.16. The number of nitrogens with zero attached hydrogens (tertiary/aromatic N) is 6. The van der Waals surface area contributed by atoms with E-state index >= 15 is 0 Å². The molecule has 162 valence electrons. The molecule has 0 bridgehead atoms. The summed E-state index contributed by atoms with van der Waals surface area (Å²) in [5.74, 6) is 0.753. The minimum Gasteiger partial charge on any atom is -0.297 e. The third kappa shape index (κ3) is 4.13. The lowest BCUT2D eigenvalue weighted by Crippen LogP contribution is -2.47. The van der Waals surface area contributed by atoms with Gasteiger partial charge in [-0.15, -0.1) is 5.10 Å². The lowest BCUT2D eigenvalue weighted by molar-refractivity contribution is -0.0154. The first-order valence-corrected chi connectivity index (χ1v) is 11.5. The van der Waals surface area contributed by atoms with E-state index in [1.54, 1.807) is 0 Å². The summed E-state index contributed by atoms with van der Waals surface area (Å²) in [6.07, 6.45) is 10.2. The van der Waals surface area contributed by atoms with Crippen LogP contribution in [0.5, 0.6) is 0 Å². The molecular formula is C25H32N6. The molecule has 0 radical (unpaired) electrons. The lowest BCUT2D eigenvalue weighted by atomic mass is 9.56. The van der Waals surface area contributed by atoms with Gasteiger partial charge < -0.3 is 0 Å². The lowest BCUT2D eigenvalue weighted by Gasteiger charge is -2.52. The molecule has 1 aliphatic carbocycles. The first kappa shape index (κ1) is 20.3. The van der Waals surface area contributed by atoms with Crippen LogP contribution in [0.3, 0.4) is 0 Å². The smallest absolute Gasteiger partial charge is 0.111 e.